The van der Waals surface area contributed by atoms with Crippen LogP contribution in [0.2, 0.25) is 10.0 Å². The number of hydrogen-bond donors (Lipinski definition) is 2. The summed E-state index contributed by atoms with van der Waals surface area (Å²) in [5, 5.41) is 1.12. The molecule has 45 heavy (non-hydrogen) atoms. The van der Waals surface area contributed by atoms with Gasteiger partial charge >= 0.3 is 0 Å². The molecule has 1 aromatic heterocycles. The first-order chi connectivity index (χ1) is 21.1. The largest absolute Gasteiger partial charge is 0.494 e. The van der Waals surface area contributed by atoms with Crippen molar-refractivity contribution in [2.24, 2.45) is 0 Å². The van der Waals surface area contributed by atoms with Gasteiger partial charge in [-0.25, -0.2) is 31.3 Å². The summed E-state index contributed by atoms with van der Waals surface area (Å²) in [5.74, 6) is -2.77. The summed E-state index contributed by atoms with van der Waals surface area (Å²) in [6, 6.07) is 11.2. The third-order valence-electron chi connectivity index (χ3n) is 7.32. The third-order valence-corrected chi connectivity index (χ3v) is 10.5. The zero-order valence-electron chi connectivity index (χ0n) is 25.4. The average molecular weight is 703 g/mol. The van der Waals surface area contributed by atoms with E-state index >= 15 is 8.78 Å². The van der Waals surface area contributed by atoms with E-state index in [0.29, 0.717) is 33.0 Å². The van der Waals surface area contributed by atoms with E-state index in [1.807, 2.05) is 34.0 Å². The Balaban J connectivity index is 1.69. The van der Waals surface area contributed by atoms with Crippen LogP contribution in [0.3, 0.4) is 0 Å². The van der Waals surface area contributed by atoms with Crippen molar-refractivity contribution < 1.29 is 31.2 Å². The second-order valence-electron chi connectivity index (χ2n) is 11.2. The van der Waals surface area contributed by atoms with Gasteiger partial charge in [-0.2, -0.15) is 0 Å². The predicted molar refractivity (Wildman–Crippen MR) is 172 cm³/mol. The molecule has 0 saturated heterocycles. The van der Waals surface area contributed by atoms with Crippen LogP contribution < -0.4 is 14.4 Å². The maximum Gasteiger partial charge on any atom is 0.240 e. The van der Waals surface area contributed by atoms with Gasteiger partial charge in [-0.3, -0.25) is 4.57 Å². The minimum Gasteiger partial charge on any atom is -0.494 e. The van der Waals surface area contributed by atoms with Crippen LogP contribution in [-0.2, 0) is 21.2 Å². The minimum absolute atomic E-state index is 0.000833. The molecule has 242 valence electrons. The lowest BCUT2D eigenvalue weighted by Gasteiger charge is -2.28. The number of quaternary nitrogens is 1. The number of hydrogen-bond acceptors (Lipinski definition) is 5. The van der Waals surface area contributed by atoms with Crippen molar-refractivity contribution in [3.8, 4) is 11.4 Å². The number of halogens is 5. The van der Waals surface area contributed by atoms with E-state index in [1.165, 1.54) is 19.2 Å². The van der Waals surface area contributed by atoms with Gasteiger partial charge in [0.05, 0.1) is 60.3 Å². The molecule has 14 heteroatoms. The number of methoxy groups -OCH3 is 1. The molecule has 1 heterocycles. The van der Waals surface area contributed by atoms with Gasteiger partial charge in [-0.1, -0.05) is 54.9 Å². The summed E-state index contributed by atoms with van der Waals surface area (Å²) in [7, 11) is 1.12. The standard InChI is InChI=1S/C31H33Cl2F3N4O3S2/c1-31(2,19-7-9-23(32)24(33)13-19)29-17-37-30(40(29)20-8-10-25(34)28(14-20)43-5)44-18-22-26(35)15-21(16-27(22)36)45(41,42)38-11-6-12-39(3)4/h7-10,13-17,38H,6,11-12,18H2,1-5H3/p+1. The van der Waals surface area contributed by atoms with Gasteiger partial charge in [0.25, 0.3) is 0 Å². The highest BCUT2D eigenvalue weighted by Gasteiger charge is 2.31. The molecular weight excluding hydrogens is 668 g/mol. The third kappa shape index (κ3) is 7.98. The van der Waals surface area contributed by atoms with Crippen LogP contribution in [0.15, 0.2) is 64.8 Å². The molecule has 0 radical (unpaired) electrons. The molecule has 0 amide bonds. The van der Waals surface area contributed by atoms with E-state index in [-0.39, 0.29) is 23.6 Å². The predicted octanol–water partition coefficient (Wildman–Crippen LogP) is 6.04. The molecule has 4 aromatic rings. The molecule has 0 spiro atoms. The monoisotopic (exact) mass is 701 g/mol. The maximum absolute atomic E-state index is 15.2. The number of sulfonamides is 1. The summed E-state index contributed by atoms with van der Waals surface area (Å²) in [4.78, 5) is 5.23. The highest BCUT2D eigenvalue weighted by Crippen LogP contribution is 2.39. The lowest BCUT2D eigenvalue weighted by atomic mass is 9.81. The van der Waals surface area contributed by atoms with Crippen molar-refractivity contribution in [3.05, 3.63) is 99.0 Å². The first kappa shape index (κ1) is 35.1. The Hall–Kier alpha value is -2.74. The van der Waals surface area contributed by atoms with Crippen molar-refractivity contribution in [2.45, 2.75) is 41.5 Å². The van der Waals surface area contributed by atoms with Gasteiger partial charge in [0.15, 0.2) is 16.7 Å². The summed E-state index contributed by atoms with van der Waals surface area (Å²) in [5.41, 5.74) is 0.956. The van der Waals surface area contributed by atoms with Gasteiger partial charge < -0.3 is 9.64 Å². The van der Waals surface area contributed by atoms with E-state index < -0.39 is 37.8 Å². The molecule has 2 N–H and O–H groups in total. The molecule has 7 nitrogen and oxygen atoms in total. The normalized spacial score (nSPS) is 12.2. The smallest absolute Gasteiger partial charge is 0.240 e. The molecule has 0 aliphatic rings. The Bertz CT molecular complexity index is 1780. The molecular formula is C31H34Cl2F3N4O3S2+. The fourth-order valence-corrected chi connectivity index (χ4v) is 7.09. The molecule has 4 rings (SSSR count). The van der Waals surface area contributed by atoms with E-state index in [0.717, 1.165) is 40.9 Å². The molecule has 0 fully saturated rings. The second kappa shape index (κ2) is 14.4. The molecule has 0 bridgehead atoms. The Morgan fingerprint density at radius 2 is 1.69 bits per heavy atom. The van der Waals surface area contributed by atoms with E-state index in [4.69, 9.17) is 27.9 Å². The van der Waals surface area contributed by atoms with Crippen LogP contribution in [0.5, 0.6) is 5.75 Å². The number of thioether (sulfide) groups is 1. The number of rotatable bonds is 13. The Kier molecular flexibility index (Phi) is 11.2. The lowest BCUT2D eigenvalue weighted by molar-refractivity contribution is -0.858. The van der Waals surface area contributed by atoms with Crippen molar-refractivity contribution in [1.29, 1.82) is 0 Å². The number of imidazole rings is 1. The second-order valence-corrected chi connectivity index (χ2v) is 14.7. The molecule has 0 atom stereocenters. The SMILES string of the molecule is COc1cc(-n2c(C(C)(C)c3ccc(Cl)c(Cl)c3)cnc2SCc2c(F)cc(S(=O)(=O)NCCC[NH+](C)C)cc2F)ccc1F. The minimum atomic E-state index is -4.11. The molecule has 3 aromatic carbocycles. The Morgan fingerprint density at radius 3 is 2.31 bits per heavy atom. The lowest BCUT2D eigenvalue weighted by Crippen LogP contribution is -3.05. The van der Waals surface area contributed by atoms with Crippen molar-refractivity contribution >= 4 is 45.0 Å². The van der Waals surface area contributed by atoms with Gasteiger partial charge in [-0.05, 0) is 42.0 Å². The summed E-state index contributed by atoms with van der Waals surface area (Å²) >= 11 is 13.5. The zero-order valence-corrected chi connectivity index (χ0v) is 28.5. The quantitative estimate of drug-likeness (QED) is 0.131. The number of nitrogens with one attached hydrogen (secondary N) is 2. The van der Waals surface area contributed by atoms with Crippen LogP contribution in [0.1, 0.15) is 37.1 Å². The molecule has 0 aliphatic carbocycles. The van der Waals surface area contributed by atoms with Crippen molar-refractivity contribution in [2.75, 3.05) is 34.3 Å². The maximum atomic E-state index is 15.2. The van der Waals surface area contributed by atoms with E-state index in [2.05, 4.69) is 9.71 Å². The van der Waals surface area contributed by atoms with Crippen LogP contribution >= 0.6 is 35.0 Å². The topological polar surface area (TPSA) is 77.7 Å². The number of aromatic nitrogens is 2. The van der Waals surface area contributed by atoms with Crippen LogP contribution in [0.25, 0.3) is 5.69 Å². The molecule has 0 unspecified atom stereocenters. The van der Waals surface area contributed by atoms with Crippen LogP contribution in [0, 0.1) is 17.5 Å². The van der Waals surface area contributed by atoms with Crippen LogP contribution in [-0.4, -0.2) is 52.3 Å². The number of nitrogens with zero attached hydrogens (tertiary/aromatic N) is 2. The molecule has 0 saturated carbocycles. The summed E-state index contributed by atoms with van der Waals surface area (Å²) < 4.78 is 79.5. The van der Waals surface area contributed by atoms with Crippen molar-refractivity contribution in [1.82, 2.24) is 14.3 Å². The fourth-order valence-electron chi connectivity index (χ4n) is 4.69. The van der Waals surface area contributed by atoms with Gasteiger partial charge in [0, 0.05) is 35.8 Å². The number of ether oxygens (including phenoxy) is 1. The fraction of sp³-hybridized carbons (Fsp3) is 0.323. The van der Waals surface area contributed by atoms with Crippen molar-refractivity contribution in [3.63, 3.8) is 0 Å². The first-order valence-electron chi connectivity index (χ1n) is 13.9. The van der Waals surface area contributed by atoms with Gasteiger partial charge in [0.2, 0.25) is 10.0 Å². The first-order valence-corrected chi connectivity index (χ1v) is 17.1. The summed E-state index contributed by atoms with van der Waals surface area (Å²) in [6.45, 7) is 4.77. The average Bonchev–Trinajstić information content (AvgIpc) is 3.41. The van der Waals surface area contributed by atoms with Gasteiger partial charge in [0.1, 0.15) is 11.6 Å². The Labute approximate surface area is 275 Å². The highest BCUT2D eigenvalue weighted by molar-refractivity contribution is 7.98. The zero-order chi connectivity index (χ0) is 33.1. The van der Waals surface area contributed by atoms with Crippen LogP contribution in [0.4, 0.5) is 13.2 Å². The Morgan fingerprint density at radius 1 is 1.00 bits per heavy atom. The number of benzene rings is 3. The van der Waals surface area contributed by atoms with E-state index in [9.17, 15) is 12.8 Å². The molecule has 0 aliphatic heterocycles. The van der Waals surface area contributed by atoms with Gasteiger partial charge in [-0.15, -0.1) is 0 Å². The summed E-state index contributed by atoms with van der Waals surface area (Å²) in [6.07, 6.45) is 2.20. The van der Waals surface area contributed by atoms with E-state index in [1.54, 1.807) is 29.0 Å². The highest BCUT2D eigenvalue weighted by atomic mass is 35.5.